The van der Waals surface area contributed by atoms with Crippen LogP contribution in [0.15, 0.2) is 18.5 Å². The average Bonchev–Trinajstić information content (AvgIpc) is 2.27. The van der Waals surface area contributed by atoms with E-state index in [1.54, 1.807) is 0 Å². The SMILES string of the molecule is CC(C)CC(CN)CC(=O)c1ccncc1F. The molecule has 1 aromatic rings. The minimum absolute atomic E-state index is 0.113. The molecule has 0 saturated heterocycles. The summed E-state index contributed by atoms with van der Waals surface area (Å²) in [5.74, 6) is -0.146. The topological polar surface area (TPSA) is 56.0 Å². The quantitative estimate of drug-likeness (QED) is 0.774. The van der Waals surface area contributed by atoms with Crippen LogP contribution in [-0.4, -0.2) is 17.3 Å². The fourth-order valence-electron chi connectivity index (χ4n) is 1.90. The number of pyridine rings is 1. The molecule has 1 atom stereocenters. The van der Waals surface area contributed by atoms with Gasteiger partial charge in [0.15, 0.2) is 11.6 Å². The molecular formula is C13H19FN2O. The molecule has 0 amide bonds. The summed E-state index contributed by atoms with van der Waals surface area (Å²) in [5.41, 5.74) is 5.74. The molecule has 1 aromatic heterocycles. The minimum atomic E-state index is -0.558. The maximum atomic E-state index is 13.3. The second-order valence-electron chi connectivity index (χ2n) is 4.71. The molecule has 1 rings (SSSR count). The Kier molecular flexibility index (Phi) is 5.22. The number of rotatable bonds is 6. The van der Waals surface area contributed by atoms with Gasteiger partial charge in [0, 0.05) is 12.6 Å². The first-order valence-corrected chi connectivity index (χ1v) is 5.87. The van der Waals surface area contributed by atoms with Gasteiger partial charge in [-0.25, -0.2) is 4.39 Å². The second-order valence-corrected chi connectivity index (χ2v) is 4.71. The molecule has 0 aliphatic carbocycles. The van der Waals surface area contributed by atoms with Gasteiger partial charge in [-0.3, -0.25) is 9.78 Å². The van der Waals surface area contributed by atoms with E-state index in [1.165, 1.54) is 12.3 Å². The highest BCUT2D eigenvalue weighted by atomic mass is 19.1. The van der Waals surface area contributed by atoms with E-state index in [1.807, 2.05) is 0 Å². The smallest absolute Gasteiger partial charge is 0.166 e. The number of nitrogens with zero attached hydrogens (tertiary/aromatic N) is 1. The van der Waals surface area contributed by atoms with Gasteiger partial charge in [0.25, 0.3) is 0 Å². The molecule has 94 valence electrons. The fourth-order valence-corrected chi connectivity index (χ4v) is 1.90. The number of hydrogen-bond donors (Lipinski definition) is 1. The largest absolute Gasteiger partial charge is 0.330 e. The number of nitrogens with two attached hydrogens (primary N) is 1. The lowest BCUT2D eigenvalue weighted by Gasteiger charge is -2.16. The van der Waals surface area contributed by atoms with Crippen LogP contribution < -0.4 is 5.73 Å². The van der Waals surface area contributed by atoms with Gasteiger partial charge >= 0.3 is 0 Å². The van der Waals surface area contributed by atoms with Crippen LogP contribution in [0.1, 0.15) is 37.0 Å². The monoisotopic (exact) mass is 238 g/mol. The lowest BCUT2D eigenvalue weighted by Crippen LogP contribution is -2.20. The summed E-state index contributed by atoms with van der Waals surface area (Å²) < 4.78 is 13.3. The first kappa shape index (κ1) is 13.8. The van der Waals surface area contributed by atoms with Crippen LogP contribution in [0.4, 0.5) is 4.39 Å². The van der Waals surface area contributed by atoms with Crippen molar-refractivity contribution in [1.29, 1.82) is 0 Å². The van der Waals surface area contributed by atoms with Crippen molar-refractivity contribution < 1.29 is 9.18 Å². The van der Waals surface area contributed by atoms with Crippen molar-refractivity contribution in [2.24, 2.45) is 17.6 Å². The molecular weight excluding hydrogens is 219 g/mol. The Morgan fingerprint density at radius 2 is 2.24 bits per heavy atom. The second kappa shape index (κ2) is 6.45. The van der Waals surface area contributed by atoms with Gasteiger partial charge < -0.3 is 5.73 Å². The predicted octanol–water partition coefficient (Wildman–Crippen LogP) is 2.41. The first-order valence-electron chi connectivity index (χ1n) is 5.87. The van der Waals surface area contributed by atoms with Crippen LogP contribution in [0, 0.1) is 17.7 Å². The molecule has 17 heavy (non-hydrogen) atoms. The lowest BCUT2D eigenvalue weighted by molar-refractivity contribution is 0.0953. The van der Waals surface area contributed by atoms with Gasteiger partial charge in [-0.2, -0.15) is 0 Å². The van der Waals surface area contributed by atoms with Crippen molar-refractivity contribution in [2.45, 2.75) is 26.7 Å². The molecule has 0 bridgehead atoms. The third kappa shape index (κ3) is 4.23. The van der Waals surface area contributed by atoms with Crippen LogP contribution in [0.2, 0.25) is 0 Å². The predicted molar refractivity (Wildman–Crippen MR) is 65.1 cm³/mol. The number of ketones is 1. The van der Waals surface area contributed by atoms with Crippen molar-refractivity contribution in [1.82, 2.24) is 4.98 Å². The molecule has 0 fully saturated rings. The Balaban J connectivity index is 2.68. The average molecular weight is 238 g/mol. The summed E-state index contributed by atoms with van der Waals surface area (Å²) >= 11 is 0. The molecule has 0 aliphatic heterocycles. The van der Waals surface area contributed by atoms with Crippen LogP contribution in [0.5, 0.6) is 0 Å². The van der Waals surface area contributed by atoms with Gasteiger partial charge in [-0.05, 0) is 30.9 Å². The van der Waals surface area contributed by atoms with Crippen molar-refractivity contribution in [3.63, 3.8) is 0 Å². The molecule has 0 radical (unpaired) electrons. The number of Topliss-reactive ketones (excluding diaryl/α,β-unsaturated/α-hetero) is 1. The van der Waals surface area contributed by atoms with E-state index < -0.39 is 5.82 Å². The van der Waals surface area contributed by atoms with Crippen molar-refractivity contribution >= 4 is 5.78 Å². The summed E-state index contributed by atoms with van der Waals surface area (Å²) in [4.78, 5) is 15.5. The Labute approximate surface area is 101 Å². The molecule has 2 N–H and O–H groups in total. The summed E-state index contributed by atoms with van der Waals surface area (Å²) in [5, 5.41) is 0. The van der Waals surface area contributed by atoms with Crippen molar-refractivity contribution in [2.75, 3.05) is 6.54 Å². The number of carbonyl (C=O) groups excluding carboxylic acids is 1. The van der Waals surface area contributed by atoms with Crippen LogP contribution >= 0.6 is 0 Å². The van der Waals surface area contributed by atoms with Gasteiger partial charge in [-0.15, -0.1) is 0 Å². The zero-order chi connectivity index (χ0) is 12.8. The zero-order valence-electron chi connectivity index (χ0n) is 10.3. The highest BCUT2D eigenvalue weighted by Crippen LogP contribution is 2.18. The van der Waals surface area contributed by atoms with Gasteiger partial charge in [0.05, 0.1) is 11.8 Å². The number of aromatic nitrogens is 1. The standard InChI is InChI=1S/C13H19FN2O/c1-9(2)5-10(7-15)6-13(17)11-3-4-16-8-12(11)14/h3-4,8-10H,5-7,15H2,1-2H3. The fraction of sp³-hybridized carbons (Fsp3) is 0.538. The summed E-state index contributed by atoms with van der Waals surface area (Å²) in [6, 6.07) is 1.42. The van der Waals surface area contributed by atoms with Crippen molar-refractivity contribution in [3.8, 4) is 0 Å². The van der Waals surface area contributed by atoms with Crippen molar-refractivity contribution in [3.05, 3.63) is 29.8 Å². The van der Waals surface area contributed by atoms with Gasteiger partial charge in [-0.1, -0.05) is 13.8 Å². The minimum Gasteiger partial charge on any atom is -0.330 e. The van der Waals surface area contributed by atoms with Crippen LogP contribution in [-0.2, 0) is 0 Å². The zero-order valence-corrected chi connectivity index (χ0v) is 10.3. The van der Waals surface area contributed by atoms with Crippen LogP contribution in [0.25, 0.3) is 0 Å². The van der Waals surface area contributed by atoms with E-state index in [-0.39, 0.29) is 17.3 Å². The van der Waals surface area contributed by atoms with E-state index >= 15 is 0 Å². The van der Waals surface area contributed by atoms with E-state index in [2.05, 4.69) is 18.8 Å². The Morgan fingerprint density at radius 1 is 1.53 bits per heavy atom. The van der Waals surface area contributed by atoms with Gasteiger partial charge in [0.2, 0.25) is 0 Å². The molecule has 0 aromatic carbocycles. The summed E-state index contributed by atoms with van der Waals surface area (Å²) in [7, 11) is 0. The molecule has 3 nitrogen and oxygen atoms in total. The number of carbonyl (C=O) groups is 1. The molecule has 0 aliphatic rings. The normalized spacial score (nSPS) is 12.8. The molecule has 0 spiro atoms. The molecule has 1 unspecified atom stereocenters. The maximum Gasteiger partial charge on any atom is 0.166 e. The Hall–Kier alpha value is -1.29. The van der Waals surface area contributed by atoms with E-state index in [0.717, 1.165) is 12.6 Å². The Morgan fingerprint density at radius 3 is 2.76 bits per heavy atom. The maximum absolute atomic E-state index is 13.3. The van der Waals surface area contributed by atoms with Gasteiger partial charge in [0.1, 0.15) is 0 Å². The number of halogens is 1. The van der Waals surface area contributed by atoms with E-state index in [0.29, 0.717) is 18.9 Å². The molecule has 1 heterocycles. The molecule has 0 saturated carbocycles. The number of hydrogen-bond acceptors (Lipinski definition) is 3. The third-order valence-corrected chi connectivity index (χ3v) is 2.68. The lowest BCUT2D eigenvalue weighted by atomic mass is 9.91. The summed E-state index contributed by atoms with van der Waals surface area (Å²) in [6.07, 6.45) is 3.67. The highest BCUT2D eigenvalue weighted by molar-refractivity contribution is 5.96. The highest BCUT2D eigenvalue weighted by Gasteiger charge is 2.17. The van der Waals surface area contributed by atoms with E-state index in [4.69, 9.17) is 5.73 Å². The Bertz CT molecular complexity index is 379. The third-order valence-electron chi connectivity index (χ3n) is 2.68. The van der Waals surface area contributed by atoms with Crippen LogP contribution in [0.3, 0.4) is 0 Å². The first-order chi connectivity index (χ1) is 8.04. The molecule has 4 heteroatoms. The van der Waals surface area contributed by atoms with E-state index in [9.17, 15) is 9.18 Å². The summed E-state index contributed by atoms with van der Waals surface area (Å²) in [6.45, 7) is 4.62.